The second-order valence-corrected chi connectivity index (χ2v) is 9.04. The summed E-state index contributed by atoms with van der Waals surface area (Å²) in [6.07, 6.45) is 8.02. The molecule has 1 saturated carbocycles. The molecule has 2 aromatic rings. The topological polar surface area (TPSA) is 64.7 Å². The molecule has 0 aliphatic heterocycles. The Kier molecular flexibility index (Phi) is 6.29. The van der Waals surface area contributed by atoms with E-state index in [-0.39, 0.29) is 17.2 Å². The molecule has 1 aliphatic rings. The van der Waals surface area contributed by atoms with Gasteiger partial charge >= 0.3 is 0 Å². The minimum absolute atomic E-state index is 0.0177. The van der Waals surface area contributed by atoms with Crippen LogP contribution in [-0.2, 0) is 4.79 Å². The second-order valence-electron chi connectivity index (χ2n) is 7.73. The van der Waals surface area contributed by atoms with Gasteiger partial charge in [-0.05, 0) is 47.5 Å². The fourth-order valence-corrected chi connectivity index (χ4v) is 4.78. The van der Waals surface area contributed by atoms with Crippen LogP contribution in [0.15, 0.2) is 17.4 Å². The molecule has 1 atom stereocenters. The Balaban J connectivity index is 1.73. The molecule has 148 valence electrons. The molecule has 27 heavy (non-hydrogen) atoms. The van der Waals surface area contributed by atoms with Crippen molar-refractivity contribution in [2.45, 2.75) is 89.2 Å². The van der Waals surface area contributed by atoms with Crippen LogP contribution in [0, 0.1) is 13.8 Å². The largest absolute Gasteiger partial charge is 0.320 e. The first-order valence-electron chi connectivity index (χ1n) is 9.95. The summed E-state index contributed by atoms with van der Waals surface area (Å²) in [6.45, 7) is 10.2. The van der Waals surface area contributed by atoms with E-state index in [1.807, 2.05) is 31.5 Å². The highest BCUT2D eigenvalue weighted by atomic mass is 32.2. The van der Waals surface area contributed by atoms with Crippen molar-refractivity contribution in [3.8, 4) is 0 Å². The Labute approximate surface area is 166 Å². The Hall–Kier alpha value is -1.76. The molecule has 1 fully saturated rings. The number of amides is 1. The van der Waals surface area contributed by atoms with Gasteiger partial charge in [-0.15, -0.1) is 0 Å². The van der Waals surface area contributed by atoms with Crippen LogP contribution >= 0.6 is 11.8 Å². The van der Waals surface area contributed by atoms with Crippen LogP contribution in [0.3, 0.4) is 0 Å². The van der Waals surface area contributed by atoms with E-state index in [1.165, 1.54) is 37.8 Å². The number of hydrogen-bond donors (Lipinski definition) is 1. The fourth-order valence-electron chi connectivity index (χ4n) is 3.71. The Morgan fingerprint density at radius 3 is 2.59 bits per heavy atom. The van der Waals surface area contributed by atoms with Crippen LogP contribution in [-0.4, -0.2) is 30.5 Å². The first kappa shape index (κ1) is 20.0. The van der Waals surface area contributed by atoms with Gasteiger partial charge in [0.1, 0.15) is 5.82 Å². The molecule has 7 heteroatoms. The third-order valence-electron chi connectivity index (χ3n) is 5.36. The van der Waals surface area contributed by atoms with E-state index in [2.05, 4.69) is 28.8 Å². The van der Waals surface area contributed by atoms with Gasteiger partial charge in [0.05, 0.1) is 17.1 Å². The minimum atomic E-state index is -0.232. The number of aromatic nitrogens is 4. The van der Waals surface area contributed by atoms with Crippen LogP contribution in [0.1, 0.15) is 76.3 Å². The molecule has 1 N–H and O–H groups in total. The lowest BCUT2D eigenvalue weighted by Gasteiger charge is -2.26. The summed E-state index contributed by atoms with van der Waals surface area (Å²) < 4.78 is 4.20. The van der Waals surface area contributed by atoms with Crippen molar-refractivity contribution in [1.29, 1.82) is 0 Å². The lowest BCUT2D eigenvalue weighted by atomic mass is 9.95. The average molecular weight is 390 g/mol. The van der Waals surface area contributed by atoms with E-state index in [1.54, 1.807) is 18.0 Å². The van der Waals surface area contributed by atoms with E-state index >= 15 is 0 Å². The van der Waals surface area contributed by atoms with Crippen LogP contribution in [0.4, 0.5) is 5.82 Å². The van der Waals surface area contributed by atoms with Crippen molar-refractivity contribution in [3.05, 3.63) is 23.7 Å². The van der Waals surface area contributed by atoms with Gasteiger partial charge in [-0.2, -0.15) is 5.10 Å². The summed E-state index contributed by atoms with van der Waals surface area (Å²) in [6, 6.07) is 2.56. The van der Waals surface area contributed by atoms with E-state index in [0.717, 1.165) is 16.7 Å². The zero-order chi connectivity index (χ0) is 19.6. The first-order chi connectivity index (χ1) is 12.9. The predicted molar refractivity (Wildman–Crippen MR) is 110 cm³/mol. The Bertz CT molecular complexity index is 788. The predicted octanol–water partition coefficient (Wildman–Crippen LogP) is 4.90. The molecule has 0 spiro atoms. The highest BCUT2D eigenvalue weighted by molar-refractivity contribution is 8.00. The zero-order valence-electron chi connectivity index (χ0n) is 17.0. The number of anilines is 1. The van der Waals surface area contributed by atoms with Gasteiger partial charge in [-0.3, -0.25) is 4.79 Å². The van der Waals surface area contributed by atoms with E-state index in [4.69, 9.17) is 4.98 Å². The molecule has 3 rings (SSSR count). The SMILES string of the molecule is Cc1nc(S[C@@H](C)C(=O)Nc2ccnn2C(C)C)n(C2CCCCC2)c1C. The number of aryl methyl sites for hydroxylation is 1. The standard InChI is InChI=1S/C20H31N5OS/c1-13(2)25-18(11-12-21-25)23-19(26)16(5)27-20-22-14(3)15(4)24(20)17-9-7-6-8-10-17/h11-13,16-17H,6-10H2,1-5H3,(H,23,26)/t16-/m0/s1. The highest BCUT2D eigenvalue weighted by Gasteiger charge is 2.25. The zero-order valence-corrected chi connectivity index (χ0v) is 17.8. The molecular weight excluding hydrogens is 358 g/mol. The first-order valence-corrected chi connectivity index (χ1v) is 10.8. The maximum Gasteiger partial charge on any atom is 0.238 e. The normalized spacial score (nSPS) is 16.7. The van der Waals surface area contributed by atoms with Gasteiger partial charge in [0.2, 0.25) is 5.91 Å². The van der Waals surface area contributed by atoms with Crippen molar-refractivity contribution in [2.75, 3.05) is 5.32 Å². The van der Waals surface area contributed by atoms with Gasteiger partial charge in [-0.25, -0.2) is 9.67 Å². The van der Waals surface area contributed by atoms with Gasteiger partial charge in [-0.1, -0.05) is 31.0 Å². The number of imidazole rings is 1. The molecule has 6 nitrogen and oxygen atoms in total. The second kappa shape index (κ2) is 8.50. The van der Waals surface area contributed by atoms with Crippen LogP contribution in [0.2, 0.25) is 0 Å². The van der Waals surface area contributed by atoms with Crippen molar-refractivity contribution >= 4 is 23.5 Å². The Morgan fingerprint density at radius 2 is 1.93 bits per heavy atom. The number of hydrogen-bond acceptors (Lipinski definition) is 4. The van der Waals surface area contributed by atoms with Crippen LogP contribution < -0.4 is 5.32 Å². The summed E-state index contributed by atoms with van der Waals surface area (Å²) in [5.74, 6) is 0.723. The van der Waals surface area contributed by atoms with Gasteiger partial charge < -0.3 is 9.88 Å². The van der Waals surface area contributed by atoms with Gasteiger partial charge in [0.15, 0.2) is 5.16 Å². The maximum atomic E-state index is 12.8. The summed E-state index contributed by atoms with van der Waals surface area (Å²) in [7, 11) is 0. The van der Waals surface area contributed by atoms with Crippen molar-refractivity contribution in [3.63, 3.8) is 0 Å². The summed E-state index contributed by atoms with van der Waals surface area (Å²) in [5, 5.41) is 8.03. The molecule has 0 saturated heterocycles. The molecule has 2 heterocycles. The molecule has 1 amide bonds. The quantitative estimate of drug-likeness (QED) is 0.714. The van der Waals surface area contributed by atoms with Crippen LogP contribution in [0.5, 0.6) is 0 Å². The fraction of sp³-hybridized carbons (Fsp3) is 0.650. The smallest absolute Gasteiger partial charge is 0.238 e. The molecule has 0 aromatic carbocycles. The molecule has 0 radical (unpaired) electrons. The van der Waals surface area contributed by atoms with Crippen molar-refractivity contribution in [1.82, 2.24) is 19.3 Å². The van der Waals surface area contributed by atoms with Gasteiger partial charge in [0, 0.05) is 23.8 Å². The summed E-state index contributed by atoms with van der Waals surface area (Å²) in [4.78, 5) is 17.5. The van der Waals surface area contributed by atoms with Crippen LogP contribution in [0.25, 0.3) is 0 Å². The number of carbonyl (C=O) groups excluding carboxylic acids is 1. The van der Waals surface area contributed by atoms with Crippen molar-refractivity contribution in [2.24, 2.45) is 0 Å². The molecule has 0 bridgehead atoms. The average Bonchev–Trinajstić information content (AvgIpc) is 3.20. The number of nitrogens with one attached hydrogen (secondary N) is 1. The van der Waals surface area contributed by atoms with E-state index in [9.17, 15) is 4.79 Å². The highest BCUT2D eigenvalue weighted by Crippen LogP contribution is 2.35. The minimum Gasteiger partial charge on any atom is -0.320 e. The Morgan fingerprint density at radius 1 is 1.22 bits per heavy atom. The molecule has 2 aromatic heterocycles. The monoisotopic (exact) mass is 389 g/mol. The number of carbonyl (C=O) groups is 1. The number of nitrogens with zero attached hydrogens (tertiary/aromatic N) is 4. The molecule has 1 aliphatic carbocycles. The maximum absolute atomic E-state index is 12.8. The summed E-state index contributed by atoms with van der Waals surface area (Å²) >= 11 is 1.55. The van der Waals surface area contributed by atoms with E-state index in [0.29, 0.717) is 6.04 Å². The van der Waals surface area contributed by atoms with E-state index < -0.39 is 0 Å². The number of rotatable bonds is 6. The van der Waals surface area contributed by atoms with Crippen molar-refractivity contribution < 1.29 is 4.79 Å². The molecular formula is C20H31N5OS. The third kappa shape index (κ3) is 4.39. The lowest BCUT2D eigenvalue weighted by molar-refractivity contribution is -0.115. The van der Waals surface area contributed by atoms with Gasteiger partial charge in [0.25, 0.3) is 0 Å². The molecule has 0 unspecified atom stereocenters. The number of thioether (sulfide) groups is 1. The lowest BCUT2D eigenvalue weighted by Crippen LogP contribution is -2.25. The summed E-state index contributed by atoms with van der Waals surface area (Å²) in [5.41, 5.74) is 2.29. The third-order valence-corrected chi connectivity index (χ3v) is 6.42.